The van der Waals surface area contributed by atoms with Crippen LogP contribution in [0.4, 0.5) is 5.95 Å². The summed E-state index contributed by atoms with van der Waals surface area (Å²) in [6, 6.07) is 0. The fraction of sp³-hybridized carbons (Fsp3) is 0.632. The van der Waals surface area contributed by atoms with Gasteiger partial charge >= 0.3 is 0 Å². The predicted molar refractivity (Wildman–Crippen MR) is 98.2 cm³/mol. The van der Waals surface area contributed by atoms with Gasteiger partial charge in [0, 0.05) is 18.8 Å². The Hall–Kier alpha value is -2.09. The van der Waals surface area contributed by atoms with Crippen molar-refractivity contribution in [2.75, 3.05) is 12.3 Å². The molecule has 0 aliphatic rings. The number of unbranched alkanes of at least 4 members (excludes halogenated alkanes) is 8. The number of aromatic nitrogens is 2. The maximum Gasteiger partial charge on any atom is 0.220 e. The molecule has 3 N–H and O–H groups in total. The van der Waals surface area contributed by atoms with E-state index < -0.39 is 0 Å². The molecule has 0 bridgehead atoms. The van der Waals surface area contributed by atoms with Crippen molar-refractivity contribution >= 4 is 11.9 Å². The summed E-state index contributed by atoms with van der Waals surface area (Å²) < 4.78 is 0. The van der Waals surface area contributed by atoms with E-state index in [2.05, 4.69) is 34.0 Å². The highest BCUT2D eigenvalue weighted by atomic mass is 16.1. The van der Waals surface area contributed by atoms with Crippen molar-refractivity contribution < 1.29 is 4.79 Å². The Morgan fingerprint density at radius 2 is 1.62 bits per heavy atom. The van der Waals surface area contributed by atoms with Crippen LogP contribution in [0.15, 0.2) is 12.4 Å². The zero-order chi connectivity index (χ0) is 17.5. The number of nitrogens with one attached hydrogen (secondary N) is 1. The lowest BCUT2D eigenvalue weighted by atomic mass is 10.1. The van der Waals surface area contributed by atoms with Gasteiger partial charge in [-0.1, -0.05) is 70.1 Å². The van der Waals surface area contributed by atoms with Crippen LogP contribution >= 0.6 is 0 Å². The molecule has 132 valence electrons. The van der Waals surface area contributed by atoms with Crippen LogP contribution in [0, 0.1) is 11.8 Å². The van der Waals surface area contributed by atoms with Gasteiger partial charge in [0.1, 0.15) is 0 Å². The topological polar surface area (TPSA) is 80.9 Å². The highest BCUT2D eigenvalue weighted by Crippen LogP contribution is 2.10. The maximum absolute atomic E-state index is 11.7. The molecule has 0 aliphatic carbocycles. The minimum absolute atomic E-state index is 0.0702. The molecule has 0 spiro atoms. The standard InChI is InChI=1S/C19H30N4O/c1-2-3-4-5-6-7-8-9-10-13-18(24)21-14-11-12-17-15-22-19(20)23-16-17/h15-16H,2-10,13-14H2,1H3,(H,21,24)(H2,20,22,23). The molecule has 1 aromatic heterocycles. The minimum atomic E-state index is 0.0702. The van der Waals surface area contributed by atoms with Crippen molar-refractivity contribution in [3.8, 4) is 11.8 Å². The summed E-state index contributed by atoms with van der Waals surface area (Å²) in [4.78, 5) is 19.4. The molecule has 0 saturated heterocycles. The first-order valence-corrected chi connectivity index (χ1v) is 9.05. The van der Waals surface area contributed by atoms with Gasteiger partial charge in [-0.2, -0.15) is 0 Å². The van der Waals surface area contributed by atoms with Gasteiger partial charge in [-0.15, -0.1) is 0 Å². The minimum Gasteiger partial charge on any atom is -0.368 e. The summed E-state index contributed by atoms with van der Waals surface area (Å²) in [6.45, 7) is 2.59. The Kier molecular flexibility index (Phi) is 11.1. The van der Waals surface area contributed by atoms with Crippen LogP contribution in [0.5, 0.6) is 0 Å². The molecular weight excluding hydrogens is 300 g/mol. The van der Waals surface area contributed by atoms with E-state index in [4.69, 9.17) is 5.73 Å². The second-order valence-corrected chi connectivity index (χ2v) is 5.99. The van der Waals surface area contributed by atoms with E-state index in [1.54, 1.807) is 12.4 Å². The van der Waals surface area contributed by atoms with Crippen LogP contribution in [0.25, 0.3) is 0 Å². The summed E-state index contributed by atoms with van der Waals surface area (Å²) in [5, 5.41) is 2.81. The van der Waals surface area contributed by atoms with E-state index in [0.29, 0.717) is 18.5 Å². The molecule has 1 rings (SSSR count). The van der Waals surface area contributed by atoms with E-state index in [1.807, 2.05) is 0 Å². The zero-order valence-electron chi connectivity index (χ0n) is 14.8. The molecule has 5 heteroatoms. The first kappa shape index (κ1) is 20.0. The van der Waals surface area contributed by atoms with Gasteiger partial charge in [-0.05, 0) is 6.42 Å². The summed E-state index contributed by atoms with van der Waals surface area (Å²) in [6.07, 6.45) is 15.0. The molecule has 1 amide bonds. The van der Waals surface area contributed by atoms with E-state index in [1.165, 1.54) is 44.9 Å². The average Bonchev–Trinajstić information content (AvgIpc) is 2.59. The highest BCUT2D eigenvalue weighted by molar-refractivity contribution is 5.76. The highest BCUT2D eigenvalue weighted by Gasteiger charge is 1.99. The number of nitrogens with zero attached hydrogens (tertiary/aromatic N) is 2. The second-order valence-electron chi connectivity index (χ2n) is 5.99. The number of carbonyl (C=O) groups is 1. The number of hydrogen-bond acceptors (Lipinski definition) is 4. The quantitative estimate of drug-likeness (QED) is 0.481. The third kappa shape index (κ3) is 10.6. The van der Waals surface area contributed by atoms with Crippen LogP contribution in [-0.4, -0.2) is 22.4 Å². The Morgan fingerprint density at radius 1 is 1.04 bits per heavy atom. The maximum atomic E-state index is 11.7. The predicted octanol–water partition coefficient (Wildman–Crippen LogP) is 3.45. The SMILES string of the molecule is CCCCCCCCCCCC(=O)NCC#Cc1cnc(N)nc1. The van der Waals surface area contributed by atoms with Crippen LogP contribution < -0.4 is 11.1 Å². The third-order valence-corrected chi connectivity index (χ3v) is 3.79. The largest absolute Gasteiger partial charge is 0.368 e. The van der Waals surface area contributed by atoms with E-state index in [0.717, 1.165) is 12.8 Å². The van der Waals surface area contributed by atoms with Crippen molar-refractivity contribution in [3.05, 3.63) is 18.0 Å². The second kappa shape index (κ2) is 13.4. The summed E-state index contributed by atoms with van der Waals surface area (Å²) in [5.41, 5.74) is 6.09. The number of nitrogen functional groups attached to an aromatic ring is 1. The van der Waals surface area contributed by atoms with Crippen molar-refractivity contribution in [1.82, 2.24) is 15.3 Å². The van der Waals surface area contributed by atoms with Gasteiger partial charge in [0.2, 0.25) is 11.9 Å². The van der Waals surface area contributed by atoms with Gasteiger partial charge in [-0.3, -0.25) is 4.79 Å². The molecule has 1 heterocycles. The molecule has 0 saturated carbocycles. The molecule has 0 atom stereocenters. The molecule has 24 heavy (non-hydrogen) atoms. The molecule has 1 aromatic rings. The van der Waals surface area contributed by atoms with Gasteiger partial charge in [0.25, 0.3) is 0 Å². The van der Waals surface area contributed by atoms with Gasteiger partial charge in [0.15, 0.2) is 0 Å². The summed E-state index contributed by atoms with van der Waals surface area (Å²) >= 11 is 0. The number of anilines is 1. The summed E-state index contributed by atoms with van der Waals surface area (Å²) in [7, 11) is 0. The normalized spacial score (nSPS) is 10.0. The fourth-order valence-corrected chi connectivity index (χ4v) is 2.38. The Morgan fingerprint density at radius 3 is 2.25 bits per heavy atom. The van der Waals surface area contributed by atoms with Crippen molar-refractivity contribution in [3.63, 3.8) is 0 Å². The first-order valence-electron chi connectivity index (χ1n) is 9.05. The lowest BCUT2D eigenvalue weighted by molar-refractivity contribution is -0.120. The molecule has 5 nitrogen and oxygen atoms in total. The smallest absolute Gasteiger partial charge is 0.220 e. The van der Waals surface area contributed by atoms with Crippen LogP contribution in [0.3, 0.4) is 0 Å². The van der Waals surface area contributed by atoms with Crippen LogP contribution in [0.1, 0.15) is 76.7 Å². The van der Waals surface area contributed by atoms with E-state index in [-0.39, 0.29) is 11.9 Å². The Bertz CT molecular complexity index is 516. The van der Waals surface area contributed by atoms with Crippen molar-refractivity contribution in [2.24, 2.45) is 0 Å². The van der Waals surface area contributed by atoms with Crippen LogP contribution in [-0.2, 0) is 4.79 Å². The van der Waals surface area contributed by atoms with E-state index in [9.17, 15) is 4.79 Å². The monoisotopic (exact) mass is 330 g/mol. The van der Waals surface area contributed by atoms with Gasteiger partial charge in [0.05, 0.1) is 12.1 Å². The summed E-state index contributed by atoms with van der Waals surface area (Å²) in [5.74, 6) is 6.07. The van der Waals surface area contributed by atoms with Crippen LogP contribution in [0.2, 0.25) is 0 Å². The third-order valence-electron chi connectivity index (χ3n) is 3.79. The molecule has 0 aliphatic heterocycles. The Labute approximate surface area is 145 Å². The van der Waals surface area contributed by atoms with Crippen molar-refractivity contribution in [1.29, 1.82) is 0 Å². The fourth-order valence-electron chi connectivity index (χ4n) is 2.38. The number of carbonyl (C=O) groups excluding carboxylic acids is 1. The molecule has 0 fully saturated rings. The van der Waals surface area contributed by atoms with Crippen molar-refractivity contribution in [2.45, 2.75) is 71.1 Å². The van der Waals surface area contributed by atoms with Gasteiger partial charge in [-0.25, -0.2) is 9.97 Å². The number of rotatable bonds is 11. The zero-order valence-corrected chi connectivity index (χ0v) is 14.8. The molecule has 0 aromatic carbocycles. The Balaban J connectivity index is 1.98. The van der Waals surface area contributed by atoms with E-state index >= 15 is 0 Å². The number of nitrogens with two attached hydrogens (primary N) is 1. The number of amides is 1. The first-order chi connectivity index (χ1) is 11.7. The van der Waals surface area contributed by atoms with Gasteiger partial charge < -0.3 is 11.1 Å². The molecular formula is C19H30N4O. The lowest BCUT2D eigenvalue weighted by Crippen LogP contribution is -2.23. The number of hydrogen-bond donors (Lipinski definition) is 2. The lowest BCUT2D eigenvalue weighted by Gasteiger charge is -2.02. The molecule has 0 unspecified atom stereocenters. The molecule has 0 radical (unpaired) electrons. The average molecular weight is 330 g/mol.